The minimum atomic E-state index is 0.850. The molecule has 8 aromatic carbocycles. The molecule has 0 unspecified atom stereocenters. The number of para-hydroxylation sites is 2. The van der Waals surface area contributed by atoms with Crippen molar-refractivity contribution in [3.05, 3.63) is 200 Å². The predicted octanol–water partition coefficient (Wildman–Crippen LogP) is 13.7. The van der Waals surface area contributed by atoms with Gasteiger partial charge in [0, 0.05) is 27.9 Å². The van der Waals surface area contributed by atoms with Gasteiger partial charge in [-0.05, 0) is 87.1 Å². The third kappa shape index (κ3) is 5.63. The Morgan fingerprint density at radius 2 is 0.880 bits per heavy atom. The van der Waals surface area contributed by atoms with E-state index in [0.717, 1.165) is 56.0 Å². The van der Waals surface area contributed by atoms with Crippen LogP contribution in [0.4, 0.5) is 17.1 Å². The molecule has 0 bridgehead atoms. The van der Waals surface area contributed by atoms with Gasteiger partial charge in [-0.3, -0.25) is 0 Å². The van der Waals surface area contributed by atoms with E-state index in [4.69, 9.17) is 4.42 Å². The van der Waals surface area contributed by atoms with E-state index in [-0.39, 0.29) is 0 Å². The standard InChI is InChI=1S/C48H33NO/c1-2-12-34(13-3-1)36-24-27-37(28-25-36)45-21-7-8-22-46(45)49(44-20-11-18-41(32-44)48-33-42-16-6-9-23-47(42)50-48)43-19-10-17-39(31-43)40-29-26-35-14-4-5-15-38(35)30-40/h1-33H. The lowest BCUT2D eigenvalue weighted by molar-refractivity contribution is 0.631. The molecular formula is C48H33NO. The number of hydrogen-bond acceptors (Lipinski definition) is 2. The molecule has 9 rings (SSSR count). The second-order valence-corrected chi connectivity index (χ2v) is 12.6. The normalized spacial score (nSPS) is 11.2. The minimum absolute atomic E-state index is 0.850. The van der Waals surface area contributed by atoms with Gasteiger partial charge in [-0.2, -0.15) is 0 Å². The highest BCUT2D eigenvalue weighted by molar-refractivity contribution is 5.92. The Bertz CT molecular complexity index is 2560. The summed E-state index contributed by atoms with van der Waals surface area (Å²) in [5, 5.41) is 3.57. The maximum absolute atomic E-state index is 6.33. The van der Waals surface area contributed by atoms with E-state index >= 15 is 0 Å². The maximum Gasteiger partial charge on any atom is 0.135 e. The van der Waals surface area contributed by atoms with Crippen molar-refractivity contribution in [2.75, 3.05) is 4.90 Å². The Balaban J connectivity index is 1.19. The fourth-order valence-electron chi connectivity index (χ4n) is 6.93. The van der Waals surface area contributed by atoms with Crippen molar-refractivity contribution in [1.29, 1.82) is 0 Å². The number of benzene rings is 8. The number of anilines is 3. The zero-order chi connectivity index (χ0) is 33.3. The smallest absolute Gasteiger partial charge is 0.135 e. The third-order valence-corrected chi connectivity index (χ3v) is 9.45. The van der Waals surface area contributed by atoms with Crippen LogP contribution in [0.15, 0.2) is 205 Å². The fourth-order valence-corrected chi connectivity index (χ4v) is 6.93. The van der Waals surface area contributed by atoms with Crippen molar-refractivity contribution >= 4 is 38.8 Å². The number of hydrogen-bond donors (Lipinski definition) is 0. The van der Waals surface area contributed by atoms with Gasteiger partial charge in [-0.25, -0.2) is 0 Å². The summed E-state index contributed by atoms with van der Waals surface area (Å²) in [6.07, 6.45) is 0. The molecule has 1 heterocycles. The maximum atomic E-state index is 6.33. The van der Waals surface area contributed by atoms with Gasteiger partial charge in [0.2, 0.25) is 0 Å². The molecule has 0 atom stereocenters. The van der Waals surface area contributed by atoms with E-state index in [1.807, 2.05) is 18.2 Å². The van der Waals surface area contributed by atoms with Crippen LogP contribution in [0, 0.1) is 0 Å². The first-order valence-electron chi connectivity index (χ1n) is 17.0. The zero-order valence-electron chi connectivity index (χ0n) is 27.4. The van der Waals surface area contributed by atoms with E-state index in [1.165, 1.54) is 27.5 Å². The Kier molecular flexibility index (Phi) is 7.53. The van der Waals surface area contributed by atoms with E-state index in [0.29, 0.717) is 0 Å². The first-order valence-corrected chi connectivity index (χ1v) is 17.0. The van der Waals surface area contributed by atoms with Crippen LogP contribution in [0.3, 0.4) is 0 Å². The lowest BCUT2D eigenvalue weighted by Gasteiger charge is -2.28. The predicted molar refractivity (Wildman–Crippen MR) is 210 cm³/mol. The Morgan fingerprint density at radius 1 is 0.320 bits per heavy atom. The van der Waals surface area contributed by atoms with Crippen molar-refractivity contribution < 1.29 is 4.42 Å². The van der Waals surface area contributed by atoms with Crippen LogP contribution < -0.4 is 4.90 Å². The quantitative estimate of drug-likeness (QED) is 0.173. The van der Waals surface area contributed by atoms with E-state index in [9.17, 15) is 0 Å². The SMILES string of the molecule is c1ccc(-c2ccc(-c3ccccc3N(c3cccc(-c4ccc5ccccc5c4)c3)c3cccc(-c4cc5ccccc5o4)c3)cc2)cc1. The molecule has 1 aromatic heterocycles. The zero-order valence-corrected chi connectivity index (χ0v) is 27.4. The summed E-state index contributed by atoms with van der Waals surface area (Å²) in [4.78, 5) is 2.37. The van der Waals surface area contributed by atoms with Crippen molar-refractivity contribution in [3.63, 3.8) is 0 Å². The van der Waals surface area contributed by atoms with Crippen molar-refractivity contribution in [2.45, 2.75) is 0 Å². The summed E-state index contributed by atoms with van der Waals surface area (Å²) in [7, 11) is 0. The molecule has 0 N–H and O–H groups in total. The Morgan fingerprint density at radius 3 is 1.68 bits per heavy atom. The molecule has 236 valence electrons. The molecule has 0 radical (unpaired) electrons. The average Bonchev–Trinajstić information content (AvgIpc) is 3.64. The van der Waals surface area contributed by atoms with Crippen molar-refractivity contribution in [1.82, 2.24) is 0 Å². The molecule has 0 amide bonds. The highest BCUT2D eigenvalue weighted by Gasteiger charge is 2.19. The van der Waals surface area contributed by atoms with Crippen LogP contribution in [-0.2, 0) is 0 Å². The van der Waals surface area contributed by atoms with E-state index in [2.05, 4.69) is 187 Å². The van der Waals surface area contributed by atoms with Crippen LogP contribution in [0.2, 0.25) is 0 Å². The summed E-state index contributed by atoms with van der Waals surface area (Å²) in [6.45, 7) is 0. The molecule has 0 spiro atoms. The van der Waals surface area contributed by atoms with Crippen molar-refractivity contribution in [2.24, 2.45) is 0 Å². The molecule has 0 aliphatic heterocycles. The van der Waals surface area contributed by atoms with Gasteiger partial charge in [0.15, 0.2) is 0 Å². The van der Waals surface area contributed by atoms with Gasteiger partial charge in [0.1, 0.15) is 11.3 Å². The molecule has 0 aliphatic rings. The van der Waals surface area contributed by atoms with Crippen LogP contribution >= 0.6 is 0 Å². The Hall–Kier alpha value is -6.64. The van der Waals surface area contributed by atoms with Crippen molar-refractivity contribution in [3.8, 4) is 44.7 Å². The van der Waals surface area contributed by atoms with Crippen LogP contribution in [0.5, 0.6) is 0 Å². The van der Waals surface area contributed by atoms with Gasteiger partial charge in [-0.15, -0.1) is 0 Å². The van der Waals surface area contributed by atoms with E-state index < -0.39 is 0 Å². The Labute approximate surface area is 292 Å². The monoisotopic (exact) mass is 639 g/mol. The number of furan rings is 1. The van der Waals surface area contributed by atoms with Gasteiger partial charge in [0.05, 0.1) is 5.69 Å². The number of nitrogens with zero attached hydrogens (tertiary/aromatic N) is 1. The summed E-state index contributed by atoms with van der Waals surface area (Å²) < 4.78 is 6.33. The number of fused-ring (bicyclic) bond motifs is 2. The molecule has 0 saturated heterocycles. The summed E-state index contributed by atoms with van der Waals surface area (Å²) >= 11 is 0. The molecule has 0 fully saturated rings. The van der Waals surface area contributed by atoms with Gasteiger partial charge >= 0.3 is 0 Å². The topological polar surface area (TPSA) is 16.4 Å². The van der Waals surface area contributed by atoms with E-state index in [1.54, 1.807) is 0 Å². The first-order chi connectivity index (χ1) is 24.8. The largest absolute Gasteiger partial charge is 0.456 e. The lowest BCUT2D eigenvalue weighted by atomic mass is 9.97. The summed E-state index contributed by atoms with van der Waals surface area (Å²) in [6, 6.07) is 71.2. The second kappa shape index (κ2) is 12.8. The van der Waals surface area contributed by atoms with Gasteiger partial charge < -0.3 is 9.32 Å². The van der Waals surface area contributed by atoms with Crippen LogP contribution in [-0.4, -0.2) is 0 Å². The molecule has 2 nitrogen and oxygen atoms in total. The molecule has 2 heteroatoms. The summed E-state index contributed by atoms with van der Waals surface area (Å²) in [5.41, 5.74) is 12.2. The van der Waals surface area contributed by atoms with Gasteiger partial charge in [0.25, 0.3) is 0 Å². The molecule has 0 aliphatic carbocycles. The van der Waals surface area contributed by atoms with Crippen LogP contribution in [0.25, 0.3) is 66.4 Å². The molecular weight excluding hydrogens is 607 g/mol. The van der Waals surface area contributed by atoms with Crippen LogP contribution in [0.1, 0.15) is 0 Å². The lowest BCUT2D eigenvalue weighted by Crippen LogP contribution is -2.11. The first kappa shape index (κ1) is 29.5. The summed E-state index contributed by atoms with van der Waals surface area (Å²) in [5.74, 6) is 0.850. The minimum Gasteiger partial charge on any atom is -0.456 e. The highest BCUT2D eigenvalue weighted by atomic mass is 16.3. The molecule has 50 heavy (non-hydrogen) atoms. The molecule has 0 saturated carbocycles. The third-order valence-electron chi connectivity index (χ3n) is 9.45. The molecule has 9 aromatic rings. The highest BCUT2D eigenvalue weighted by Crippen LogP contribution is 2.43. The second-order valence-electron chi connectivity index (χ2n) is 12.6. The number of rotatable bonds is 7. The van der Waals surface area contributed by atoms with Gasteiger partial charge in [-0.1, -0.05) is 152 Å². The average molecular weight is 640 g/mol. The fraction of sp³-hybridized carbons (Fsp3) is 0.